The summed E-state index contributed by atoms with van der Waals surface area (Å²) >= 11 is 0. The van der Waals surface area contributed by atoms with Crippen LogP contribution in [0.5, 0.6) is 5.75 Å². The zero-order valence-corrected chi connectivity index (χ0v) is 14.3. The third-order valence-corrected chi connectivity index (χ3v) is 5.55. The van der Waals surface area contributed by atoms with E-state index in [0.717, 1.165) is 12.0 Å². The Balaban J connectivity index is 3.23. The first kappa shape index (κ1) is 17.9. The molecule has 1 aromatic carbocycles. The monoisotopic (exact) mass is 314 g/mol. The third kappa shape index (κ3) is 4.18. The molecule has 0 aliphatic carbocycles. The first-order chi connectivity index (χ1) is 9.73. The van der Waals surface area contributed by atoms with Crippen molar-refractivity contribution < 1.29 is 13.2 Å². The second-order valence-corrected chi connectivity index (χ2v) is 7.66. The number of ether oxygens (including phenoxy) is 1. The van der Waals surface area contributed by atoms with Crippen molar-refractivity contribution in [3.63, 3.8) is 0 Å². The van der Waals surface area contributed by atoms with E-state index in [2.05, 4.69) is 13.8 Å². The van der Waals surface area contributed by atoms with Crippen molar-refractivity contribution in [1.29, 1.82) is 0 Å². The van der Waals surface area contributed by atoms with Crippen molar-refractivity contribution in [2.24, 2.45) is 11.7 Å². The fourth-order valence-corrected chi connectivity index (χ4v) is 3.85. The maximum atomic E-state index is 12.8. The van der Waals surface area contributed by atoms with E-state index in [1.54, 1.807) is 25.2 Å². The number of rotatable bonds is 7. The molecule has 2 N–H and O–H groups in total. The van der Waals surface area contributed by atoms with Crippen LogP contribution in [0.2, 0.25) is 0 Å². The highest BCUT2D eigenvalue weighted by molar-refractivity contribution is 7.89. The average Bonchev–Trinajstić information content (AvgIpc) is 2.44. The molecular formula is C15H26N2O3S. The maximum Gasteiger partial charge on any atom is 0.246 e. The van der Waals surface area contributed by atoms with Crippen molar-refractivity contribution in [3.05, 3.63) is 23.8 Å². The third-order valence-electron chi connectivity index (χ3n) is 3.55. The van der Waals surface area contributed by atoms with E-state index in [4.69, 9.17) is 10.5 Å². The van der Waals surface area contributed by atoms with E-state index in [-0.39, 0.29) is 17.5 Å². The van der Waals surface area contributed by atoms with Crippen LogP contribution < -0.4 is 10.5 Å². The molecule has 0 amide bonds. The molecule has 1 atom stereocenters. The Hall–Kier alpha value is -1.11. The minimum Gasteiger partial charge on any atom is -0.495 e. The zero-order valence-electron chi connectivity index (χ0n) is 13.5. The van der Waals surface area contributed by atoms with Gasteiger partial charge in [0.2, 0.25) is 10.0 Å². The molecule has 1 aromatic rings. The molecule has 5 nitrogen and oxygen atoms in total. The molecule has 120 valence electrons. The van der Waals surface area contributed by atoms with Crippen molar-refractivity contribution >= 4 is 10.0 Å². The van der Waals surface area contributed by atoms with Crippen LogP contribution >= 0.6 is 0 Å². The largest absolute Gasteiger partial charge is 0.495 e. The molecule has 6 heteroatoms. The second-order valence-electron chi connectivity index (χ2n) is 5.69. The molecule has 0 aliphatic rings. The molecule has 0 bridgehead atoms. The van der Waals surface area contributed by atoms with E-state index < -0.39 is 10.0 Å². The number of methoxy groups -OCH3 is 1. The first-order valence-electron chi connectivity index (χ1n) is 7.09. The van der Waals surface area contributed by atoms with Crippen LogP contribution in [-0.4, -0.2) is 32.9 Å². The van der Waals surface area contributed by atoms with Gasteiger partial charge < -0.3 is 10.5 Å². The Labute approximate surface area is 128 Å². The summed E-state index contributed by atoms with van der Waals surface area (Å²) in [5.41, 5.74) is 6.37. The van der Waals surface area contributed by atoms with Crippen molar-refractivity contribution in [3.8, 4) is 5.75 Å². The SMILES string of the molecule is COc1ccc(CN)cc1S(=O)(=O)N(C)C(C)CC(C)C. The predicted octanol–water partition coefficient (Wildman–Crippen LogP) is 2.21. The molecule has 21 heavy (non-hydrogen) atoms. The second kappa shape index (κ2) is 7.24. The van der Waals surface area contributed by atoms with Crippen molar-refractivity contribution in [2.75, 3.05) is 14.2 Å². The number of hydrogen-bond acceptors (Lipinski definition) is 4. The van der Waals surface area contributed by atoms with E-state index in [9.17, 15) is 8.42 Å². The highest BCUT2D eigenvalue weighted by atomic mass is 32.2. The standard InChI is InChI=1S/C15H26N2O3S/c1-11(2)8-12(3)17(4)21(18,19)15-9-13(10-16)6-7-14(15)20-5/h6-7,9,11-12H,8,10,16H2,1-5H3. The van der Waals surface area contributed by atoms with Gasteiger partial charge in [-0.05, 0) is 37.0 Å². The Morgan fingerprint density at radius 2 is 1.90 bits per heavy atom. The van der Waals surface area contributed by atoms with Crippen LogP contribution in [0.3, 0.4) is 0 Å². The Morgan fingerprint density at radius 1 is 1.29 bits per heavy atom. The van der Waals surface area contributed by atoms with E-state index in [1.807, 2.05) is 6.92 Å². The number of benzene rings is 1. The van der Waals surface area contributed by atoms with Gasteiger partial charge in [0.25, 0.3) is 0 Å². The summed E-state index contributed by atoms with van der Waals surface area (Å²) in [6.07, 6.45) is 0.800. The summed E-state index contributed by atoms with van der Waals surface area (Å²) in [4.78, 5) is 0.172. The maximum absolute atomic E-state index is 12.8. The van der Waals surface area contributed by atoms with Gasteiger partial charge in [0, 0.05) is 19.6 Å². The Morgan fingerprint density at radius 3 is 2.38 bits per heavy atom. The lowest BCUT2D eigenvalue weighted by Gasteiger charge is -2.26. The summed E-state index contributed by atoms with van der Waals surface area (Å²) in [6, 6.07) is 4.93. The van der Waals surface area contributed by atoms with Crippen LogP contribution in [0.15, 0.2) is 23.1 Å². The lowest BCUT2D eigenvalue weighted by molar-refractivity contribution is 0.335. The van der Waals surface area contributed by atoms with Gasteiger partial charge >= 0.3 is 0 Å². The first-order valence-corrected chi connectivity index (χ1v) is 8.53. The van der Waals surface area contributed by atoms with Gasteiger partial charge in [-0.25, -0.2) is 8.42 Å². The predicted molar refractivity (Wildman–Crippen MR) is 84.8 cm³/mol. The summed E-state index contributed by atoms with van der Waals surface area (Å²) in [5.74, 6) is 0.769. The van der Waals surface area contributed by atoms with E-state index in [1.165, 1.54) is 11.4 Å². The molecule has 0 aliphatic heterocycles. The molecule has 0 saturated carbocycles. The van der Waals surface area contributed by atoms with Crippen LogP contribution in [0.4, 0.5) is 0 Å². The van der Waals surface area contributed by atoms with Gasteiger partial charge in [0.1, 0.15) is 10.6 Å². The molecule has 0 saturated heterocycles. The smallest absolute Gasteiger partial charge is 0.246 e. The number of sulfonamides is 1. The normalized spacial score (nSPS) is 13.7. The summed E-state index contributed by atoms with van der Waals surface area (Å²) in [5, 5.41) is 0. The van der Waals surface area contributed by atoms with Gasteiger partial charge in [-0.15, -0.1) is 0 Å². The van der Waals surface area contributed by atoms with Gasteiger partial charge in [0.15, 0.2) is 0 Å². The molecule has 0 spiro atoms. The van der Waals surface area contributed by atoms with Crippen molar-refractivity contribution in [2.45, 2.75) is 44.7 Å². The minimum absolute atomic E-state index is 0.0822. The van der Waals surface area contributed by atoms with Crippen LogP contribution in [0.1, 0.15) is 32.8 Å². The molecule has 0 radical (unpaired) electrons. The topological polar surface area (TPSA) is 72.6 Å². The van der Waals surface area contributed by atoms with Crippen molar-refractivity contribution in [1.82, 2.24) is 4.31 Å². The van der Waals surface area contributed by atoms with E-state index in [0.29, 0.717) is 11.7 Å². The van der Waals surface area contributed by atoms with Crippen LogP contribution in [0, 0.1) is 5.92 Å². The molecule has 0 heterocycles. The van der Waals surface area contributed by atoms with E-state index >= 15 is 0 Å². The number of nitrogens with zero attached hydrogens (tertiary/aromatic N) is 1. The highest BCUT2D eigenvalue weighted by Gasteiger charge is 2.28. The minimum atomic E-state index is -3.61. The Bertz CT molecular complexity index is 570. The van der Waals surface area contributed by atoms with Gasteiger partial charge in [-0.2, -0.15) is 4.31 Å². The molecule has 0 fully saturated rings. The zero-order chi connectivity index (χ0) is 16.2. The molecule has 1 rings (SSSR count). The highest BCUT2D eigenvalue weighted by Crippen LogP contribution is 2.29. The van der Waals surface area contributed by atoms with Gasteiger partial charge in [-0.3, -0.25) is 0 Å². The molecule has 0 aromatic heterocycles. The lowest BCUT2D eigenvalue weighted by Crippen LogP contribution is -2.36. The quantitative estimate of drug-likeness (QED) is 0.837. The van der Waals surface area contributed by atoms with Crippen LogP contribution in [-0.2, 0) is 16.6 Å². The lowest BCUT2D eigenvalue weighted by atomic mass is 10.1. The summed E-state index contributed by atoms with van der Waals surface area (Å²) < 4.78 is 32.2. The average molecular weight is 314 g/mol. The summed E-state index contributed by atoms with van der Waals surface area (Å²) in [6.45, 7) is 6.35. The number of nitrogens with two attached hydrogens (primary N) is 1. The fourth-order valence-electron chi connectivity index (χ4n) is 2.27. The van der Waals surface area contributed by atoms with Crippen LogP contribution in [0.25, 0.3) is 0 Å². The Kier molecular flexibility index (Phi) is 6.19. The molecule has 1 unspecified atom stereocenters. The number of hydrogen-bond donors (Lipinski definition) is 1. The molecular weight excluding hydrogens is 288 g/mol. The van der Waals surface area contributed by atoms with Gasteiger partial charge in [0.05, 0.1) is 7.11 Å². The summed E-state index contributed by atoms with van der Waals surface area (Å²) in [7, 11) is -0.532. The van der Waals surface area contributed by atoms with Gasteiger partial charge in [-0.1, -0.05) is 19.9 Å². The fraction of sp³-hybridized carbons (Fsp3) is 0.600.